The van der Waals surface area contributed by atoms with Gasteiger partial charge in [-0.05, 0) is 36.4 Å². The zero-order valence-corrected chi connectivity index (χ0v) is 14.1. The number of hydrogen-bond acceptors (Lipinski definition) is 4. The molecule has 0 saturated carbocycles. The number of para-hydroxylation sites is 1. The number of amides is 1. The van der Waals surface area contributed by atoms with E-state index in [-0.39, 0.29) is 12.3 Å². The highest BCUT2D eigenvalue weighted by molar-refractivity contribution is 7.15. The van der Waals surface area contributed by atoms with Gasteiger partial charge in [-0.1, -0.05) is 18.2 Å². The van der Waals surface area contributed by atoms with Crippen molar-refractivity contribution in [2.45, 2.75) is 6.42 Å². The fourth-order valence-corrected chi connectivity index (χ4v) is 3.18. The number of carbonyl (C=O) groups is 1. The quantitative estimate of drug-likeness (QED) is 0.582. The number of nitrogens with zero attached hydrogens (tertiary/aromatic N) is 2. The predicted molar refractivity (Wildman–Crippen MR) is 98.4 cm³/mol. The van der Waals surface area contributed by atoms with E-state index in [1.807, 2.05) is 76.8 Å². The molecule has 0 fully saturated rings. The Labute approximate surface area is 148 Å². The second kappa shape index (κ2) is 6.78. The standard InChI is InChI=1S/C19H15N3O2S/c23-18(12-15-13-22-10-11-25-19(22)21-15)20-14-6-8-17(9-7-14)24-16-4-2-1-3-5-16/h1-11,13H,12H2,(H,20,23). The van der Waals surface area contributed by atoms with E-state index in [9.17, 15) is 4.79 Å². The van der Waals surface area contributed by atoms with Crippen molar-refractivity contribution in [3.8, 4) is 11.5 Å². The molecule has 0 unspecified atom stereocenters. The van der Waals surface area contributed by atoms with Crippen molar-refractivity contribution in [3.63, 3.8) is 0 Å². The number of benzene rings is 2. The molecule has 1 N–H and O–H groups in total. The molecule has 2 aromatic heterocycles. The number of aromatic nitrogens is 2. The number of rotatable bonds is 5. The minimum atomic E-state index is -0.0949. The molecule has 0 spiro atoms. The summed E-state index contributed by atoms with van der Waals surface area (Å²) in [6.07, 6.45) is 4.05. The van der Waals surface area contributed by atoms with Gasteiger partial charge in [-0.25, -0.2) is 4.98 Å². The van der Waals surface area contributed by atoms with E-state index in [0.717, 1.165) is 27.8 Å². The Kier molecular flexibility index (Phi) is 4.18. The zero-order chi connectivity index (χ0) is 17.1. The fourth-order valence-electron chi connectivity index (χ4n) is 2.46. The number of hydrogen-bond donors (Lipinski definition) is 1. The van der Waals surface area contributed by atoms with Crippen molar-refractivity contribution in [1.82, 2.24) is 9.38 Å². The number of imidazole rings is 1. The monoisotopic (exact) mass is 349 g/mol. The summed E-state index contributed by atoms with van der Waals surface area (Å²) in [5.74, 6) is 1.40. The van der Waals surface area contributed by atoms with Crippen molar-refractivity contribution in [2.24, 2.45) is 0 Å². The average Bonchev–Trinajstić information content (AvgIpc) is 3.19. The van der Waals surface area contributed by atoms with E-state index in [1.54, 1.807) is 11.3 Å². The third-order valence-electron chi connectivity index (χ3n) is 3.60. The van der Waals surface area contributed by atoms with E-state index in [0.29, 0.717) is 0 Å². The molecule has 0 aliphatic rings. The van der Waals surface area contributed by atoms with Gasteiger partial charge >= 0.3 is 0 Å². The van der Waals surface area contributed by atoms with Crippen LogP contribution in [0.5, 0.6) is 11.5 Å². The van der Waals surface area contributed by atoms with Gasteiger partial charge in [0, 0.05) is 23.5 Å². The Morgan fingerprint density at radius 1 is 1.08 bits per heavy atom. The first-order chi connectivity index (χ1) is 12.3. The normalized spacial score (nSPS) is 10.7. The minimum absolute atomic E-state index is 0.0949. The first kappa shape index (κ1) is 15.4. The van der Waals surface area contributed by atoms with E-state index in [2.05, 4.69) is 10.3 Å². The highest BCUT2D eigenvalue weighted by Crippen LogP contribution is 2.22. The number of fused-ring (bicyclic) bond motifs is 1. The molecular weight excluding hydrogens is 334 g/mol. The van der Waals surface area contributed by atoms with Crippen LogP contribution in [-0.4, -0.2) is 15.3 Å². The molecule has 2 aromatic carbocycles. The van der Waals surface area contributed by atoms with Gasteiger partial charge in [-0.2, -0.15) is 0 Å². The third-order valence-corrected chi connectivity index (χ3v) is 4.37. The molecule has 2 heterocycles. The number of ether oxygens (including phenoxy) is 1. The van der Waals surface area contributed by atoms with E-state index in [1.165, 1.54) is 0 Å². The van der Waals surface area contributed by atoms with Crippen LogP contribution in [0.3, 0.4) is 0 Å². The maximum Gasteiger partial charge on any atom is 0.230 e. The summed E-state index contributed by atoms with van der Waals surface area (Å²) in [5.41, 5.74) is 1.49. The predicted octanol–water partition coefficient (Wildman–Crippen LogP) is 4.37. The van der Waals surface area contributed by atoms with Crippen LogP contribution < -0.4 is 10.1 Å². The lowest BCUT2D eigenvalue weighted by atomic mass is 10.2. The molecule has 0 bridgehead atoms. The Bertz CT molecular complexity index is 962. The van der Waals surface area contributed by atoms with E-state index >= 15 is 0 Å². The Hall–Kier alpha value is -3.12. The lowest BCUT2D eigenvalue weighted by Gasteiger charge is -2.07. The van der Waals surface area contributed by atoms with Crippen LogP contribution in [-0.2, 0) is 11.2 Å². The summed E-state index contributed by atoms with van der Waals surface area (Å²) >= 11 is 1.55. The van der Waals surface area contributed by atoms with Gasteiger partial charge in [-0.3, -0.25) is 9.20 Å². The van der Waals surface area contributed by atoms with Crippen molar-refractivity contribution < 1.29 is 9.53 Å². The molecule has 0 atom stereocenters. The fraction of sp³-hybridized carbons (Fsp3) is 0.0526. The molecule has 0 aliphatic carbocycles. The van der Waals surface area contributed by atoms with Crippen LogP contribution in [0.25, 0.3) is 4.96 Å². The van der Waals surface area contributed by atoms with Crippen molar-refractivity contribution >= 4 is 27.9 Å². The average molecular weight is 349 g/mol. The van der Waals surface area contributed by atoms with Gasteiger partial charge in [0.15, 0.2) is 4.96 Å². The van der Waals surface area contributed by atoms with Crippen LogP contribution in [0.2, 0.25) is 0 Å². The molecular formula is C19H15N3O2S. The van der Waals surface area contributed by atoms with Gasteiger partial charge in [-0.15, -0.1) is 11.3 Å². The van der Waals surface area contributed by atoms with Crippen molar-refractivity contribution in [3.05, 3.63) is 78.1 Å². The van der Waals surface area contributed by atoms with Gasteiger partial charge < -0.3 is 10.1 Å². The summed E-state index contributed by atoms with van der Waals surface area (Å²) in [4.78, 5) is 17.5. The highest BCUT2D eigenvalue weighted by Gasteiger charge is 2.09. The van der Waals surface area contributed by atoms with Crippen LogP contribution >= 0.6 is 11.3 Å². The Morgan fingerprint density at radius 3 is 2.60 bits per heavy atom. The molecule has 0 saturated heterocycles. The topological polar surface area (TPSA) is 55.6 Å². The largest absolute Gasteiger partial charge is 0.457 e. The van der Waals surface area contributed by atoms with Crippen LogP contribution in [0.15, 0.2) is 72.4 Å². The second-order valence-electron chi connectivity index (χ2n) is 5.49. The number of nitrogens with one attached hydrogen (secondary N) is 1. The zero-order valence-electron chi connectivity index (χ0n) is 13.3. The third kappa shape index (κ3) is 3.70. The molecule has 6 heteroatoms. The molecule has 0 aliphatic heterocycles. The number of thiazole rings is 1. The first-order valence-electron chi connectivity index (χ1n) is 7.80. The SMILES string of the molecule is O=C(Cc1cn2ccsc2n1)Nc1ccc(Oc2ccccc2)cc1. The second-order valence-corrected chi connectivity index (χ2v) is 6.36. The lowest BCUT2D eigenvalue weighted by Crippen LogP contribution is -2.14. The summed E-state index contributed by atoms with van der Waals surface area (Å²) in [7, 11) is 0. The lowest BCUT2D eigenvalue weighted by molar-refractivity contribution is -0.115. The van der Waals surface area contributed by atoms with E-state index < -0.39 is 0 Å². The highest BCUT2D eigenvalue weighted by atomic mass is 32.1. The number of carbonyl (C=O) groups excluding carboxylic acids is 1. The summed E-state index contributed by atoms with van der Waals surface area (Å²) in [5, 5.41) is 4.84. The van der Waals surface area contributed by atoms with Crippen molar-refractivity contribution in [2.75, 3.05) is 5.32 Å². The van der Waals surface area contributed by atoms with E-state index in [4.69, 9.17) is 4.74 Å². The van der Waals surface area contributed by atoms with Crippen LogP contribution in [0.4, 0.5) is 5.69 Å². The molecule has 25 heavy (non-hydrogen) atoms. The maximum absolute atomic E-state index is 12.2. The van der Waals surface area contributed by atoms with Gasteiger partial charge in [0.1, 0.15) is 11.5 Å². The van der Waals surface area contributed by atoms with Crippen LogP contribution in [0.1, 0.15) is 5.69 Å². The smallest absolute Gasteiger partial charge is 0.230 e. The molecule has 0 radical (unpaired) electrons. The minimum Gasteiger partial charge on any atom is -0.457 e. The summed E-state index contributed by atoms with van der Waals surface area (Å²) in [6.45, 7) is 0. The Balaban J connectivity index is 1.37. The summed E-state index contributed by atoms with van der Waals surface area (Å²) in [6, 6.07) is 16.9. The maximum atomic E-state index is 12.2. The molecule has 4 rings (SSSR count). The van der Waals surface area contributed by atoms with Gasteiger partial charge in [0.05, 0.1) is 12.1 Å². The summed E-state index contributed by atoms with van der Waals surface area (Å²) < 4.78 is 7.65. The molecule has 4 aromatic rings. The molecule has 124 valence electrons. The van der Waals surface area contributed by atoms with Gasteiger partial charge in [0.2, 0.25) is 5.91 Å². The van der Waals surface area contributed by atoms with Gasteiger partial charge in [0.25, 0.3) is 0 Å². The number of anilines is 1. The van der Waals surface area contributed by atoms with Crippen molar-refractivity contribution in [1.29, 1.82) is 0 Å². The first-order valence-corrected chi connectivity index (χ1v) is 8.68. The molecule has 1 amide bonds. The van der Waals surface area contributed by atoms with Crippen LogP contribution in [0, 0.1) is 0 Å². The Morgan fingerprint density at radius 2 is 1.84 bits per heavy atom. The molecule has 5 nitrogen and oxygen atoms in total.